The average molecular weight is 557 g/mol. The van der Waals surface area contributed by atoms with E-state index in [1.54, 1.807) is 0 Å². The molecular weight excluding hydrogens is 528 g/mol. The third kappa shape index (κ3) is 4.07. The minimum atomic E-state index is 1.23. The lowest BCUT2D eigenvalue weighted by Crippen LogP contribution is -1.85. The van der Waals surface area contributed by atoms with E-state index in [0.29, 0.717) is 0 Å². The Morgan fingerprint density at radius 1 is 0.205 bits per heavy atom. The highest BCUT2D eigenvalue weighted by Gasteiger charge is 2.09. The van der Waals surface area contributed by atoms with Crippen LogP contribution in [0.2, 0.25) is 0 Å². The highest BCUT2D eigenvalue weighted by atomic mass is 14.1. The Kier molecular flexibility index (Phi) is 5.61. The van der Waals surface area contributed by atoms with E-state index in [4.69, 9.17) is 0 Å². The van der Waals surface area contributed by atoms with Crippen LogP contribution in [0.25, 0.3) is 87.2 Å². The summed E-state index contributed by atoms with van der Waals surface area (Å²) >= 11 is 0. The van der Waals surface area contributed by atoms with E-state index in [0.717, 1.165) is 0 Å². The molecule has 9 aromatic rings. The van der Waals surface area contributed by atoms with E-state index < -0.39 is 0 Å². The molecule has 204 valence electrons. The second-order valence-corrected chi connectivity index (χ2v) is 11.8. The summed E-state index contributed by atoms with van der Waals surface area (Å²) in [6.07, 6.45) is 0. The van der Waals surface area contributed by atoms with E-state index in [-0.39, 0.29) is 0 Å². The van der Waals surface area contributed by atoms with Crippen LogP contribution in [-0.4, -0.2) is 0 Å². The van der Waals surface area contributed by atoms with Gasteiger partial charge in [0.1, 0.15) is 0 Å². The number of rotatable bonds is 3. The Bertz CT molecular complexity index is 2530. The first-order chi connectivity index (χ1) is 21.8. The summed E-state index contributed by atoms with van der Waals surface area (Å²) in [6, 6.07) is 62.4. The summed E-state index contributed by atoms with van der Waals surface area (Å²) in [4.78, 5) is 0. The maximum absolute atomic E-state index is 2.33. The van der Waals surface area contributed by atoms with Gasteiger partial charge in [-0.25, -0.2) is 0 Å². The maximum atomic E-state index is 2.33. The van der Waals surface area contributed by atoms with Gasteiger partial charge in [-0.2, -0.15) is 0 Å². The van der Waals surface area contributed by atoms with Gasteiger partial charge in [-0.15, -0.1) is 0 Å². The molecule has 0 aromatic heterocycles. The SMILES string of the molecule is c1ccc2cc(-c3ccc4c(ccc5c6ccc(-c7ccc(-c8cccc9ccccc89)cc7)cc6ccc45)c3)ccc2c1. The van der Waals surface area contributed by atoms with Crippen molar-refractivity contribution in [1.82, 2.24) is 0 Å². The summed E-state index contributed by atoms with van der Waals surface area (Å²) in [5, 5.41) is 12.8. The van der Waals surface area contributed by atoms with Gasteiger partial charge in [-0.3, -0.25) is 0 Å². The Hall–Kier alpha value is -5.72. The summed E-state index contributed by atoms with van der Waals surface area (Å²) in [6.45, 7) is 0. The Morgan fingerprint density at radius 3 is 1.36 bits per heavy atom. The van der Waals surface area contributed by atoms with E-state index in [1.165, 1.54) is 87.2 Å². The van der Waals surface area contributed by atoms with E-state index in [9.17, 15) is 0 Å². The second-order valence-electron chi connectivity index (χ2n) is 11.8. The quantitative estimate of drug-likeness (QED) is 0.190. The molecule has 0 fully saturated rings. The zero-order chi connectivity index (χ0) is 29.0. The van der Waals surface area contributed by atoms with Crippen molar-refractivity contribution < 1.29 is 0 Å². The van der Waals surface area contributed by atoms with Gasteiger partial charge in [0.2, 0.25) is 0 Å². The molecule has 0 heteroatoms. The molecule has 0 nitrogen and oxygen atoms in total. The molecule has 0 heterocycles. The first-order valence-corrected chi connectivity index (χ1v) is 15.3. The molecule has 0 amide bonds. The predicted molar refractivity (Wildman–Crippen MR) is 190 cm³/mol. The second kappa shape index (κ2) is 9.93. The van der Waals surface area contributed by atoms with Crippen molar-refractivity contribution in [3.05, 3.63) is 170 Å². The van der Waals surface area contributed by atoms with Crippen LogP contribution in [0.3, 0.4) is 0 Å². The zero-order valence-electron chi connectivity index (χ0n) is 24.2. The van der Waals surface area contributed by atoms with Crippen molar-refractivity contribution in [3.63, 3.8) is 0 Å². The molecule has 0 aliphatic carbocycles. The molecule has 44 heavy (non-hydrogen) atoms. The lowest BCUT2D eigenvalue weighted by Gasteiger charge is -2.12. The van der Waals surface area contributed by atoms with E-state index in [1.807, 2.05) is 0 Å². The van der Waals surface area contributed by atoms with Gasteiger partial charge in [0.05, 0.1) is 0 Å². The monoisotopic (exact) mass is 556 g/mol. The minimum absolute atomic E-state index is 1.23. The molecule has 0 spiro atoms. The molecule has 0 saturated carbocycles. The van der Waals surface area contributed by atoms with Crippen molar-refractivity contribution in [2.75, 3.05) is 0 Å². The normalized spacial score (nSPS) is 11.6. The van der Waals surface area contributed by atoms with Crippen molar-refractivity contribution in [2.45, 2.75) is 0 Å². The van der Waals surface area contributed by atoms with E-state index >= 15 is 0 Å². The molecule has 0 bridgehead atoms. The summed E-state index contributed by atoms with van der Waals surface area (Å²) in [5.41, 5.74) is 7.49. The van der Waals surface area contributed by atoms with Crippen LogP contribution in [0.5, 0.6) is 0 Å². The Morgan fingerprint density at radius 2 is 0.659 bits per heavy atom. The molecule has 0 aliphatic rings. The van der Waals surface area contributed by atoms with Crippen LogP contribution in [0.15, 0.2) is 170 Å². The lowest BCUT2D eigenvalue weighted by atomic mass is 9.92. The summed E-state index contributed by atoms with van der Waals surface area (Å²) < 4.78 is 0. The smallest absolute Gasteiger partial charge is 0.00990 e. The van der Waals surface area contributed by atoms with Crippen LogP contribution >= 0.6 is 0 Å². The van der Waals surface area contributed by atoms with Gasteiger partial charge in [-0.05, 0) is 105 Å². The fourth-order valence-electron chi connectivity index (χ4n) is 6.93. The highest BCUT2D eigenvalue weighted by Crippen LogP contribution is 2.36. The molecule has 0 unspecified atom stereocenters. The van der Waals surface area contributed by atoms with Gasteiger partial charge >= 0.3 is 0 Å². The molecule has 9 aromatic carbocycles. The standard InChI is InChI=1S/C44H28/c1-2-8-33-26-35(17-14-29(33)6-1)36-19-23-42-38(28-36)21-25-43-41-22-18-34(27-37(41)20-24-44(42)43)30-12-15-32(16-13-30)40-11-5-9-31-7-3-4-10-39(31)40/h1-28H. The molecular formula is C44H28. The van der Waals surface area contributed by atoms with Gasteiger partial charge in [0, 0.05) is 0 Å². The molecule has 0 atom stereocenters. The molecule has 9 rings (SSSR count). The predicted octanol–water partition coefficient (Wildman–Crippen LogP) is 12.5. The lowest BCUT2D eigenvalue weighted by molar-refractivity contribution is 1.62. The molecule has 0 aliphatic heterocycles. The van der Waals surface area contributed by atoms with Crippen molar-refractivity contribution in [3.8, 4) is 33.4 Å². The van der Waals surface area contributed by atoms with Crippen molar-refractivity contribution >= 4 is 53.9 Å². The number of benzene rings is 9. The fourth-order valence-corrected chi connectivity index (χ4v) is 6.93. The van der Waals surface area contributed by atoms with Crippen LogP contribution in [0, 0.1) is 0 Å². The highest BCUT2D eigenvalue weighted by molar-refractivity contribution is 6.18. The molecule has 0 N–H and O–H groups in total. The molecule has 0 saturated heterocycles. The summed E-state index contributed by atoms with van der Waals surface area (Å²) in [5.74, 6) is 0. The fraction of sp³-hybridized carbons (Fsp3) is 0. The first kappa shape index (κ1) is 24.8. The number of hydrogen-bond acceptors (Lipinski definition) is 0. The van der Waals surface area contributed by atoms with Crippen LogP contribution < -0.4 is 0 Å². The van der Waals surface area contributed by atoms with Crippen LogP contribution in [0.4, 0.5) is 0 Å². The minimum Gasteiger partial charge on any atom is -0.0616 e. The number of hydrogen-bond donors (Lipinski definition) is 0. The Labute approximate surface area is 256 Å². The Balaban J connectivity index is 1.07. The first-order valence-electron chi connectivity index (χ1n) is 15.3. The van der Waals surface area contributed by atoms with Gasteiger partial charge in [-0.1, -0.05) is 152 Å². The molecule has 0 radical (unpaired) electrons. The van der Waals surface area contributed by atoms with Gasteiger partial charge in [0.15, 0.2) is 0 Å². The third-order valence-corrected chi connectivity index (χ3v) is 9.23. The van der Waals surface area contributed by atoms with Crippen molar-refractivity contribution in [1.29, 1.82) is 0 Å². The van der Waals surface area contributed by atoms with Crippen LogP contribution in [0.1, 0.15) is 0 Å². The maximum Gasteiger partial charge on any atom is -0.00990 e. The van der Waals surface area contributed by atoms with Crippen LogP contribution in [-0.2, 0) is 0 Å². The topological polar surface area (TPSA) is 0 Å². The number of fused-ring (bicyclic) bond motifs is 7. The van der Waals surface area contributed by atoms with Gasteiger partial charge < -0.3 is 0 Å². The summed E-state index contributed by atoms with van der Waals surface area (Å²) in [7, 11) is 0. The average Bonchev–Trinajstić information content (AvgIpc) is 3.10. The van der Waals surface area contributed by atoms with Crippen molar-refractivity contribution in [2.24, 2.45) is 0 Å². The zero-order valence-corrected chi connectivity index (χ0v) is 24.2. The van der Waals surface area contributed by atoms with E-state index in [2.05, 4.69) is 170 Å². The largest absolute Gasteiger partial charge is 0.0616 e. The van der Waals surface area contributed by atoms with Gasteiger partial charge in [0.25, 0.3) is 0 Å². The third-order valence-electron chi connectivity index (χ3n) is 9.23.